The Morgan fingerprint density at radius 3 is 2.58 bits per heavy atom. The number of pyridine rings is 1. The van der Waals surface area contributed by atoms with Crippen LogP contribution in [-0.2, 0) is 29.1 Å². The van der Waals surface area contributed by atoms with Crippen molar-refractivity contribution in [3.8, 4) is 0 Å². The second-order valence-electron chi connectivity index (χ2n) is 9.98. The molecule has 0 aromatic carbocycles. The second-order valence-corrected chi connectivity index (χ2v) is 11.9. The van der Waals surface area contributed by atoms with Gasteiger partial charge in [-0.1, -0.05) is 38.2 Å². The van der Waals surface area contributed by atoms with Gasteiger partial charge in [0.1, 0.15) is 12.1 Å². The summed E-state index contributed by atoms with van der Waals surface area (Å²) in [5, 5.41) is 5.60. The molecule has 3 aliphatic rings. The molecule has 3 fully saturated rings. The van der Waals surface area contributed by atoms with Gasteiger partial charge in [-0.3, -0.25) is 14.4 Å². The van der Waals surface area contributed by atoms with E-state index in [1.54, 1.807) is 12.1 Å². The Morgan fingerprint density at radius 2 is 1.89 bits per heavy atom. The van der Waals surface area contributed by atoms with Gasteiger partial charge in [-0.25, -0.2) is 13.4 Å². The molecule has 1 unspecified atom stereocenters. The van der Waals surface area contributed by atoms with Crippen molar-refractivity contribution in [1.82, 2.24) is 19.9 Å². The predicted octanol–water partition coefficient (Wildman–Crippen LogP) is 1.55. The van der Waals surface area contributed by atoms with Gasteiger partial charge in [0.2, 0.25) is 11.8 Å². The fourth-order valence-electron chi connectivity index (χ4n) is 5.29. The van der Waals surface area contributed by atoms with Gasteiger partial charge < -0.3 is 15.4 Å². The first-order valence-corrected chi connectivity index (χ1v) is 14.4. The molecule has 0 bridgehead atoms. The third kappa shape index (κ3) is 6.68. The first kappa shape index (κ1) is 26.7. The molecule has 4 rings (SSSR count). The quantitative estimate of drug-likeness (QED) is 0.531. The van der Waals surface area contributed by atoms with Crippen LogP contribution in [0.3, 0.4) is 0 Å². The fraction of sp³-hybridized carbons (Fsp3) is 0.680. The van der Waals surface area contributed by atoms with Crippen LogP contribution < -0.4 is 10.6 Å². The summed E-state index contributed by atoms with van der Waals surface area (Å²) in [6, 6.07) is 3.04. The van der Waals surface area contributed by atoms with Crippen LogP contribution in [0.1, 0.15) is 64.2 Å². The van der Waals surface area contributed by atoms with Crippen LogP contribution in [-0.4, -0.2) is 73.2 Å². The highest BCUT2D eigenvalue weighted by atomic mass is 32.2. The van der Waals surface area contributed by atoms with Crippen molar-refractivity contribution in [1.29, 1.82) is 0 Å². The van der Waals surface area contributed by atoms with Crippen molar-refractivity contribution >= 4 is 27.6 Å². The van der Waals surface area contributed by atoms with Crippen molar-refractivity contribution < 1.29 is 27.5 Å². The van der Waals surface area contributed by atoms with E-state index in [4.69, 9.17) is 4.74 Å². The summed E-state index contributed by atoms with van der Waals surface area (Å²) in [4.78, 5) is 43.0. The van der Waals surface area contributed by atoms with Crippen LogP contribution in [0.15, 0.2) is 29.4 Å². The Balaban J connectivity index is 1.41. The summed E-state index contributed by atoms with van der Waals surface area (Å²) in [6.07, 6.45) is 8.99. The maximum Gasteiger partial charge on any atom is 0.260 e. The predicted molar refractivity (Wildman–Crippen MR) is 131 cm³/mol. The topological polar surface area (TPSA) is 135 Å². The number of nitrogens with one attached hydrogen (secondary N) is 2. The number of carbonyl (C=O) groups excluding carboxylic acids is 3. The molecule has 2 N–H and O–H groups in total. The lowest BCUT2D eigenvalue weighted by Gasteiger charge is -2.28. The molecule has 1 aliphatic carbocycles. The van der Waals surface area contributed by atoms with E-state index in [0.717, 1.165) is 36.4 Å². The van der Waals surface area contributed by atoms with E-state index >= 15 is 0 Å². The minimum atomic E-state index is -3.91. The van der Waals surface area contributed by atoms with E-state index in [9.17, 15) is 22.8 Å². The van der Waals surface area contributed by atoms with E-state index in [1.165, 1.54) is 18.7 Å². The number of hydrogen-bond donors (Lipinski definition) is 2. The normalized spacial score (nSPS) is 25.2. The highest BCUT2D eigenvalue weighted by Gasteiger charge is 2.36. The maximum atomic E-state index is 13.3. The molecule has 3 atom stereocenters. The van der Waals surface area contributed by atoms with Gasteiger partial charge in [0.15, 0.2) is 10.8 Å². The van der Waals surface area contributed by atoms with E-state index < -0.39 is 34.1 Å². The fourth-order valence-corrected chi connectivity index (χ4v) is 6.67. The third-order valence-corrected chi connectivity index (χ3v) is 9.09. The summed E-state index contributed by atoms with van der Waals surface area (Å²) in [7, 11) is -3.91. The summed E-state index contributed by atoms with van der Waals surface area (Å²) >= 11 is 0. The molecular formula is C25H36N4O6S. The van der Waals surface area contributed by atoms with Crippen LogP contribution >= 0.6 is 0 Å². The Bertz CT molecular complexity index is 1020. The summed E-state index contributed by atoms with van der Waals surface area (Å²) in [5.74, 6) is -0.722. The molecule has 36 heavy (non-hydrogen) atoms. The van der Waals surface area contributed by atoms with Gasteiger partial charge in [0, 0.05) is 19.3 Å². The zero-order valence-corrected chi connectivity index (χ0v) is 21.4. The van der Waals surface area contributed by atoms with Crippen LogP contribution in [0.2, 0.25) is 0 Å². The smallest absolute Gasteiger partial charge is 0.260 e. The summed E-state index contributed by atoms with van der Waals surface area (Å²) in [5.41, 5.74) is 0. The number of sulfonamides is 1. The number of amides is 2. The van der Waals surface area contributed by atoms with Gasteiger partial charge in [-0.2, -0.15) is 4.31 Å². The number of hydrogen-bond acceptors (Lipinski definition) is 7. The van der Waals surface area contributed by atoms with Crippen LogP contribution in [0.25, 0.3) is 0 Å². The van der Waals surface area contributed by atoms with Gasteiger partial charge in [0.25, 0.3) is 10.0 Å². The number of carbonyl (C=O) groups is 3. The third-order valence-electron chi connectivity index (χ3n) is 7.33. The van der Waals surface area contributed by atoms with Crippen molar-refractivity contribution in [3.05, 3.63) is 24.4 Å². The molecule has 198 valence electrons. The molecule has 0 radical (unpaired) electrons. The standard InChI is InChI=1S/C25H36N4O6S/c30-21-17-29(36(33,34)23-12-4-5-13-26-23)14-6-10-19(21)27-24(31)20(16-18-8-2-1-3-9-18)28-25(32)22-11-7-15-35-22/h4-5,12-13,18-20,22H,1-3,6-11,14-17H2,(H,27,31)(H,28,32)/t19-,20?,22+/m0/s1. The van der Waals surface area contributed by atoms with E-state index in [1.807, 2.05) is 0 Å². The van der Waals surface area contributed by atoms with Crippen LogP contribution in [0, 0.1) is 5.92 Å². The maximum absolute atomic E-state index is 13.3. The first-order chi connectivity index (χ1) is 17.3. The van der Waals surface area contributed by atoms with Crippen molar-refractivity contribution in [2.75, 3.05) is 19.7 Å². The average molecular weight is 521 g/mol. The van der Waals surface area contributed by atoms with Crippen molar-refractivity contribution in [3.63, 3.8) is 0 Å². The molecule has 11 heteroatoms. The Morgan fingerprint density at radius 1 is 1.08 bits per heavy atom. The molecule has 3 heterocycles. The van der Waals surface area contributed by atoms with E-state index in [0.29, 0.717) is 38.2 Å². The number of ether oxygens (including phenoxy) is 1. The Kier molecular flexibility index (Phi) is 9.08. The molecule has 0 spiro atoms. The summed E-state index contributed by atoms with van der Waals surface area (Å²) < 4.78 is 32.5. The summed E-state index contributed by atoms with van der Waals surface area (Å²) in [6.45, 7) is 0.365. The number of nitrogens with zero attached hydrogens (tertiary/aromatic N) is 2. The molecule has 1 aromatic rings. The van der Waals surface area contributed by atoms with Crippen LogP contribution in [0.4, 0.5) is 0 Å². The average Bonchev–Trinajstić information content (AvgIpc) is 3.36. The Labute approximate surface area is 212 Å². The van der Waals surface area contributed by atoms with Gasteiger partial charge in [-0.05, 0) is 50.2 Å². The molecule has 1 saturated carbocycles. The van der Waals surface area contributed by atoms with E-state index in [2.05, 4.69) is 15.6 Å². The molecule has 2 amide bonds. The number of ketones is 1. The Hall–Kier alpha value is -2.37. The molecule has 2 aliphatic heterocycles. The van der Waals surface area contributed by atoms with Crippen LogP contribution in [0.5, 0.6) is 0 Å². The highest BCUT2D eigenvalue weighted by Crippen LogP contribution is 2.28. The second kappa shape index (κ2) is 12.2. The molecule has 10 nitrogen and oxygen atoms in total. The lowest BCUT2D eigenvalue weighted by atomic mass is 9.84. The minimum Gasteiger partial charge on any atom is -0.368 e. The lowest BCUT2D eigenvalue weighted by molar-refractivity contribution is -0.135. The monoisotopic (exact) mass is 520 g/mol. The lowest BCUT2D eigenvalue weighted by Crippen LogP contribution is -2.54. The zero-order valence-electron chi connectivity index (χ0n) is 20.6. The first-order valence-electron chi connectivity index (χ1n) is 13.0. The number of aromatic nitrogens is 1. The SMILES string of the molecule is O=C(N[C@H]1CCCN(S(=O)(=O)c2ccccn2)CC1=O)C(CC1CCCCC1)NC(=O)[C@H]1CCCO1. The minimum absolute atomic E-state index is 0.107. The molecule has 2 saturated heterocycles. The van der Waals surface area contributed by atoms with E-state index in [-0.39, 0.29) is 29.8 Å². The largest absolute Gasteiger partial charge is 0.368 e. The zero-order chi connectivity index (χ0) is 25.5. The number of Topliss-reactive ketones (excluding diaryl/α,β-unsaturated/α-hetero) is 1. The van der Waals surface area contributed by atoms with Crippen molar-refractivity contribution in [2.45, 2.75) is 87.4 Å². The molecular weight excluding hydrogens is 484 g/mol. The van der Waals surface area contributed by atoms with Gasteiger partial charge in [-0.15, -0.1) is 0 Å². The number of rotatable bonds is 8. The highest BCUT2D eigenvalue weighted by molar-refractivity contribution is 7.89. The van der Waals surface area contributed by atoms with Crippen molar-refractivity contribution in [2.24, 2.45) is 5.92 Å². The van der Waals surface area contributed by atoms with Gasteiger partial charge in [0.05, 0.1) is 12.6 Å². The molecule has 1 aromatic heterocycles. The van der Waals surface area contributed by atoms with Gasteiger partial charge >= 0.3 is 0 Å².